The van der Waals surface area contributed by atoms with Gasteiger partial charge in [-0.1, -0.05) is 23.7 Å². The van der Waals surface area contributed by atoms with Gasteiger partial charge in [-0.25, -0.2) is 8.78 Å². The molecule has 1 aromatic heterocycles. The van der Waals surface area contributed by atoms with Crippen molar-refractivity contribution in [2.24, 2.45) is 5.73 Å². The van der Waals surface area contributed by atoms with Crippen molar-refractivity contribution in [1.82, 2.24) is 14.7 Å². The maximum absolute atomic E-state index is 14.7. The Morgan fingerprint density at radius 1 is 1.18 bits per heavy atom. The molecule has 0 saturated carbocycles. The Bertz CT molecular complexity index is 1340. The van der Waals surface area contributed by atoms with Crippen molar-refractivity contribution in [2.45, 2.75) is 31.6 Å². The molecule has 1 aliphatic heterocycles. The predicted molar refractivity (Wildman–Crippen MR) is 141 cm³/mol. The van der Waals surface area contributed by atoms with Crippen molar-refractivity contribution in [1.29, 1.82) is 0 Å². The van der Waals surface area contributed by atoms with Gasteiger partial charge < -0.3 is 20.7 Å². The van der Waals surface area contributed by atoms with E-state index in [-0.39, 0.29) is 59.9 Å². The number of alkyl halides is 5. The van der Waals surface area contributed by atoms with Crippen molar-refractivity contribution >= 4 is 28.9 Å². The van der Waals surface area contributed by atoms with E-state index in [4.69, 9.17) is 22.1 Å². The molecule has 0 radical (unpaired) electrons. The Balaban J connectivity index is 1.73. The first-order valence-electron chi connectivity index (χ1n) is 12.4. The summed E-state index contributed by atoms with van der Waals surface area (Å²) in [6.45, 7) is 0.412. The van der Waals surface area contributed by atoms with Crippen LogP contribution in [0.15, 0.2) is 48.7 Å². The number of nitrogens with two attached hydrogens (primary N) is 1. The number of rotatable bonds is 9. The van der Waals surface area contributed by atoms with Gasteiger partial charge in [0.05, 0.1) is 28.5 Å². The van der Waals surface area contributed by atoms with Gasteiger partial charge in [0.25, 0.3) is 6.43 Å². The molecule has 1 aliphatic rings. The summed E-state index contributed by atoms with van der Waals surface area (Å²) in [7, 11) is 1.84. The molecule has 1 atom stereocenters. The van der Waals surface area contributed by atoms with Gasteiger partial charge in [0.2, 0.25) is 5.91 Å². The number of benzene rings is 2. The molecule has 0 unspecified atom stereocenters. The molecule has 14 heteroatoms. The number of hydrogen-bond acceptors (Lipinski definition) is 6. The van der Waals surface area contributed by atoms with E-state index in [2.05, 4.69) is 10.4 Å². The zero-order valence-corrected chi connectivity index (χ0v) is 22.2. The summed E-state index contributed by atoms with van der Waals surface area (Å²) in [4.78, 5) is 16.4. The number of piperazine rings is 1. The molecular weight excluding hydrogens is 559 g/mol. The number of nitrogens with one attached hydrogen (secondary N) is 1. The molecule has 0 aliphatic carbocycles. The van der Waals surface area contributed by atoms with Gasteiger partial charge >= 0.3 is 6.18 Å². The minimum Gasteiger partial charge on any atom is -0.455 e. The first kappa shape index (κ1) is 29.6. The van der Waals surface area contributed by atoms with E-state index in [1.807, 2.05) is 11.9 Å². The minimum absolute atomic E-state index is 0.0370. The number of para-hydroxylation sites is 1. The fourth-order valence-electron chi connectivity index (χ4n) is 4.51. The topological polar surface area (TPSA) is 88.6 Å². The second kappa shape index (κ2) is 12.4. The smallest absolute Gasteiger partial charge is 0.422 e. The highest BCUT2D eigenvalue weighted by atomic mass is 35.5. The second-order valence-corrected chi connectivity index (χ2v) is 9.73. The van der Waals surface area contributed by atoms with Gasteiger partial charge in [0, 0.05) is 38.4 Å². The summed E-state index contributed by atoms with van der Waals surface area (Å²) in [6, 6.07) is 9.78. The molecule has 1 saturated heterocycles. The van der Waals surface area contributed by atoms with E-state index >= 15 is 0 Å². The van der Waals surface area contributed by atoms with Gasteiger partial charge in [0.1, 0.15) is 23.6 Å². The number of anilines is 2. The first-order chi connectivity index (χ1) is 19.0. The first-order valence-corrected chi connectivity index (χ1v) is 12.8. The van der Waals surface area contributed by atoms with Crippen molar-refractivity contribution in [3.63, 3.8) is 0 Å². The highest BCUT2D eigenvalue weighted by molar-refractivity contribution is 6.32. The average molecular weight is 587 g/mol. The van der Waals surface area contributed by atoms with Crippen LogP contribution in [0.4, 0.5) is 33.3 Å². The summed E-state index contributed by atoms with van der Waals surface area (Å²) in [5.41, 5.74) is 4.65. The fraction of sp³-hybridized carbons (Fsp3) is 0.385. The molecule has 1 amide bonds. The molecule has 3 N–H and O–H groups in total. The van der Waals surface area contributed by atoms with Crippen LogP contribution >= 0.6 is 11.6 Å². The number of carbonyl (C=O) groups is 1. The maximum atomic E-state index is 14.7. The zero-order valence-electron chi connectivity index (χ0n) is 21.5. The highest BCUT2D eigenvalue weighted by Crippen LogP contribution is 2.48. The lowest BCUT2D eigenvalue weighted by molar-refractivity contribution is -0.138. The number of ether oxygens (including phenoxy) is 1. The van der Waals surface area contributed by atoms with Gasteiger partial charge in [-0.05, 0) is 37.4 Å². The molecule has 2 heterocycles. The van der Waals surface area contributed by atoms with Crippen LogP contribution in [0.5, 0.6) is 11.5 Å². The highest BCUT2D eigenvalue weighted by Gasteiger charge is 2.42. The van der Waals surface area contributed by atoms with E-state index in [9.17, 15) is 26.7 Å². The van der Waals surface area contributed by atoms with Gasteiger partial charge in [-0.15, -0.1) is 0 Å². The van der Waals surface area contributed by atoms with E-state index in [0.717, 1.165) is 10.7 Å². The zero-order chi connectivity index (χ0) is 29.0. The Labute approximate surface area is 232 Å². The van der Waals surface area contributed by atoms with Crippen LogP contribution in [0, 0.1) is 0 Å². The molecular formula is C26H28ClF5N6O2. The summed E-state index contributed by atoms with van der Waals surface area (Å²) in [6.07, 6.45) is -6.52. The van der Waals surface area contributed by atoms with Gasteiger partial charge in [0.15, 0.2) is 0 Å². The summed E-state index contributed by atoms with van der Waals surface area (Å²) in [5.74, 6) is -1.11. The van der Waals surface area contributed by atoms with Gasteiger partial charge in [-0.2, -0.15) is 18.3 Å². The van der Waals surface area contributed by atoms with E-state index in [1.165, 1.54) is 35.4 Å². The average Bonchev–Trinajstić information content (AvgIpc) is 3.31. The molecule has 2 aromatic carbocycles. The van der Waals surface area contributed by atoms with Crippen LogP contribution < -0.4 is 20.7 Å². The SMILES string of the molecule is CN1CCN(c2c(NC(=O)Cc3ccn(CC(F)F)n3)ccc(Oc3ccccc3Cl)c2C(F)(F)F)C[C@@H]1CN. The lowest BCUT2D eigenvalue weighted by Gasteiger charge is -2.41. The molecule has 4 rings (SSSR count). The van der Waals surface area contributed by atoms with Gasteiger partial charge in [-0.3, -0.25) is 14.4 Å². The number of nitrogens with zero attached hydrogens (tertiary/aromatic N) is 4. The van der Waals surface area contributed by atoms with E-state index < -0.39 is 36.4 Å². The molecule has 0 bridgehead atoms. The molecule has 8 nitrogen and oxygen atoms in total. The quantitative estimate of drug-likeness (QED) is 0.348. The largest absolute Gasteiger partial charge is 0.455 e. The Kier molecular flexibility index (Phi) is 9.16. The van der Waals surface area contributed by atoms with Crippen LogP contribution in [-0.4, -0.2) is 66.3 Å². The fourth-order valence-corrected chi connectivity index (χ4v) is 4.68. The molecule has 3 aromatic rings. The van der Waals surface area contributed by atoms with Crippen LogP contribution in [0.25, 0.3) is 0 Å². The van der Waals surface area contributed by atoms with E-state index in [1.54, 1.807) is 12.1 Å². The Morgan fingerprint density at radius 3 is 2.60 bits per heavy atom. The van der Waals surface area contributed by atoms with Crippen molar-refractivity contribution < 1.29 is 31.5 Å². The standard InChI is InChI=1S/C26H28ClF5N6O2/c1-36-10-11-37(14-17(36)13-33)25-19(34-23(39)12-16-8-9-38(35-16)15-22(28)29)6-7-21(24(25)26(30,31)32)40-20-5-3-2-4-18(20)27/h2-9,17,22H,10-15,33H2,1H3,(H,34,39)/t17-/m0/s1. The molecule has 0 spiro atoms. The normalized spacial score (nSPS) is 16.4. The Morgan fingerprint density at radius 2 is 1.93 bits per heavy atom. The number of amides is 1. The number of hydrogen-bond donors (Lipinski definition) is 2. The molecule has 40 heavy (non-hydrogen) atoms. The minimum atomic E-state index is -4.87. The second-order valence-electron chi connectivity index (χ2n) is 9.33. The van der Waals surface area contributed by atoms with Crippen molar-refractivity contribution in [3.8, 4) is 11.5 Å². The van der Waals surface area contributed by atoms with Crippen molar-refractivity contribution in [3.05, 3.63) is 64.9 Å². The van der Waals surface area contributed by atoms with Crippen LogP contribution in [0.2, 0.25) is 5.02 Å². The van der Waals surface area contributed by atoms with Crippen LogP contribution in [0.3, 0.4) is 0 Å². The predicted octanol–water partition coefficient (Wildman–Crippen LogP) is 4.87. The lowest BCUT2D eigenvalue weighted by Crippen LogP contribution is -2.54. The van der Waals surface area contributed by atoms with Crippen molar-refractivity contribution in [2.75, 3.05) is 43.4 Å². The number of carbonyl (C=O) groups excluding carboxylic acids is 1. The Hall–Kier alpha value is -3.42. The summed E-state index contributed by atoms with van der Waals surface area (Å²) < 4.78 is 76.1. The maximum Gasteiger partial charge on any atom is 0.422 e. The summed E-state index contributed by atoms with van der Waals surface area (Å²) >= 11 is 6.15. The third-order valence-corrected chi connectivity index (χ3v) is 6.79. The molecule has 216 valence electrons. The lowest BCUT2D eigenvalue weighted by atomic mass is 10.0. The van der Waals surface area contributed by atoms with Crippen LogP contribution in [0.1, 0.15) is 11.3 Å². The van der Waals surface area contributed by atoms with E-state index in [0.29, 0.717) is 6.54 Å². The number of aromatic nitrogens is 2. The summed E-state index contributed by atoms with van der Waals surface area (Å²) in [5, 5.41) is 6.62. The third-order valence-electron chi connectivity index (χ3n) is 6.48. The van der Waals surface area contributed by atoms with Crippen LogP contribution in [-0.2, 0) is 23.9 Å². The monoisotopic (exact) mass is 586 g/mol. The molecule has 1 fully saturated rings. The number of likely N-dealkylation sites (N-methyl/N-ethyl adjacent to an activating group) is 1. The number of halogens is 6. The third kappa shape index (κ3) is 7.01.